The maximum absolute atomic E-state index is 12.6. The summed E-state index contributed by atoms with van der Waals surface area (Å²) in [6, 6.07) is 3.97. The van der Waals surface area contributed by atoms with E-state index in [1.807, 2.05) is 7.05 Å². The number of carboxylic acids is 1. The van der Waals surface area contributed by atoms with Crippen LogP contribution in [-0.4, -0.2) is 64.0 Å². The summed E-state index contributed by atoms with van der Waals surface area (Å²) < 4.78 is 1.59. The van der Waals surface area contributed by atoms with E-state index >= 15 is 0 Å². The highest BCUT2D eigenvalue weighted by Gasteiger charge is 2.21. The number of pyridine rings is 2. The van der Waals surface area contributed by atoms with Crippen molar-refractivity contribution in [1.82, 2.24) is 19.9 Å². The van der Waals surface area contributed by atoms with Crippen LogP contribution in [0.4, 0.5) is 5.82 Å². The van der Waals surface area contributed by atoms with E-state index in [0.29, 0.717) is 16.8 Å². The second-order valence-electron chi connectivity index (χ2n) is 6.45. The molecule has 0 atom stereocenters. The van der Waals surface area contributed by atoms with Crippen LogP contribution in [0.3, 0.4) is 0 Å². The van der Waals surface area contributed by atoms with Gasteiger partial charge in [0, 0.05) is 44.0 Å². The van der Waals surface area contributed by atoms with Crippen LogP contribution in [0.1, 0.15) is 23.2 Å². The fraction of sp³-hybridized carbons (Fsp3) is 0.368. The molecule has 29 heavy (non-hydrogen) atoms. The number of nitrogens with one attached hydrogen (secondary N) is 1. The summed E-state index contributed by atoms with van der Waals surface area (Å²) in [4.78, 5) is 35.2. The zero-order valence-corrected chi connectivity index (χ0v) is 17.0. The smallest absolute Gasteiger partial charge is 0.341 e. The van der Waals surface area contributed by atoms with Gasteiger partial charge in [0.25, 0.3) is 0 Å². The van der Waals surface area contributed by atoms with Gasteiger partial charge in [0.15, 0.2) is 10.8 Å². The Bertz CT molecular complexity index is 1040. The summed E-state index contributed by atoms with van der Waals surface area (Å²) in [5.74, 6) is -0.477. The van der Waals surface area contributed by atoms with Gasteiger partial charge in [0.2, 0.25) is 5.43 Å². The van der Waals surface area contributed by atoms with Crippen molar-refractivity contribution in [2.45, 2.75) is 18.9 Å². The van der Waals surface area contributed by atoms with E-state index in [-0.39, 0.29) is 10.9 Å². The molecule has 1 aliphatic rings. The standard InChI is InChI=1S/C18H19N5O3S.CH4O/c1-19-11-4-7-22(8-5-11)14-3-2-12-15(24)13(17(25)26)10-23(16(12)21-14)18-20-6-9-27-18;1-2/h2-3,6,9-11,19H,4-5,7-8H2,1H3,(H,25,26);2H,1H3. The van der Waals surface area contributed by atoms with Gasteiger partial charge in [-0.05, 0) is 32.0 Å². The predicted octanol–water partition coefficient (Wildman–Crippen LogP) is 1.34. The number of carboxylic acid groups (broad SMARTS) is 1. The Morgan fingerprint density at radius 1 is 1.28 bits per heavy atom. The summed E-state index contributed by atoms with van der Waals surface area (Å²) >= 11 is 1.36. The first-order valence-corrected chi connectivity index (χ1v) is 10.0. The molecule has 3 aromatic heterocycles. The molecule has 0 aromatic carbocycles. The van der Waals surface area contributed by atoms with Gasteiger partial charge in [-0.3, -0.25) is 9.36 Å². The zero-order chi connectivity index (χ0) is 21.0. The predicted molar refractivity (Wildman–Crippen MR) is 112 cm³/mol. The summed E-state index contributed by atoms with van der Waals surface area (Å²) in [5, 5.41) is 22.3. The van der Waals surface area contributed by atoms with E-state index in [4.69, 9.17) is 10.1 Å². The average Bonchev–Trinajstić information content (AvgIpc) is 3.29. The largest absolute Gasteiger partial charge is 0.477 e. The molecule has 0 saturated carbocycles. The minimum Gasteiger partial charge on any atom is -0.477 e. The number of aromatic carboxylic acids is 1. The third-order valence-electron chi connectivity index (χ3n) is 4.92. The molecular formula is C19H23N5O4S. The molecule has 4 heterocycles. The number of hydrogen-bond acceptors (Lipinski definition) is 8. The maximum Gasteiger partial charge on any atom is 0.341 e. The van der Waals surface area contributed by atoms with Crippen molar-refractivity contribution in [1.29, 1.82) is 0 Å². The van der Waals surface area contributed by atoms with Gasteiger partial charge in [-0.15, -0.1) is 11.3 Å². The van der Waals surface area contributed by atoms with Gasteiger partial charge in [-0.1, -0.05) is 0 Å². The van der Waals surface area contributed by atoms with Gasteiger partial charge < -0.3 is 20.4 Å². The monoisotopic (exact) mass is 417 g/mol. The molecule has 0 aliphatic carbocycles. The first-order valence-electron chi connectivity index (χ1n) is 9.15. The zero-order valence-electron chi connectivity index (χ0n) is 16.2. The Hall–Kier alpha value is -2.82. The van der Waals surface area contributed by atoms with Crippen LogP contribution in [0.15, 0.2) is 34.7 Å². The number of fused-ring (bicyclic) bond motifs is 1. The fourth-order valence-corrected chi connectivity index (χ4v) is 4.02. The van der Waals surface area contributed by atoms with E-state index in [9.17, 15) is 14.7 Å². The lowest BCUT2D eigenvalue weighted by Gasteiger charge is -2.32. The van der Waals surface area contributed by atoms with E-state index < -0.39 is 11.4 Å². The Morgan fingerprint density at radius 3 is 2.59 bits per heavy atom. The van der Waals surface area contributed by atoms with Crippen molar-refractivity contribution in [3.63, 3.8) is 0 Å². The maximum atomic E-state index is 12.6. The molecule has 9 nitrogen and oxygen atoms in total. The molecule has 0 unspecified atom stereocenters. The lowest BCUT2D eigenvalue weighted by Crippen LogP contribution is -2.41. The summed E-state index contributed by atoms with van der Waals surface area (Å²) in [7, 11) is 2.97. The number of thiazole rings is 1. The third kappa shape index (κ3) is 4.14. The molecule has 0 radical (unpaired) electrons. The van der Waals surface area contributed by atoms with Gasteiger partial charge in [-0.25, -0.2) is 14.8 Å². The first-order chi connectivity index (χ1) is 14.1. The molecule has 0 spiro atoms. The molecule has 1 aliphatic heterocycles. The van der Waals surface area contributed by atoms with Crippen LogP contribution in [0.25, 0.3) is 16.2 Å². The molecule has 0 bridgehead atoms. The molecule has 1 fully saturated rings. The van der Waals surface area contributed by atoms with Gasteiger partial charge in [-0.2, -0.15) is 0 Å². The van der Waals surface area contributed by atoms with Crippen molar-refractivity contribution >= 4 is 34.2 Å². The summed E-state index contributed by atoms with van der Waals surface area (Å²) in [6.45, 7) is 1.75. The Labute approximate surface area is 171 Å². The van der Waals surface area contributed by atoms with E-state index in [2.05, 4.69) is 15.2 Å². The quantitative estimate of drug-likeness (QED) is 0.582. The molecule has 0 amide bonds. The average molecular weight is 417 g/mol. The molecule has 154 valence electrons. The SMILES string of the molecule is CNC1CCN(c2ccc3c(=O)c(C(=O)O)cn(-c4nccs4)c3n2)CC1.CO. The van der Waals surface area contributed by atoms with Gasteiger partial charge in [0.05, 0.1) is 5.39 Å². The fourth-order valence-electron chi connectivity index (χ4n) is 3.40. The third-order valence-corrected chi connectivity index (χ3v) is 5.69. The number of hydrogen-bond donors (Lipinski definition) is 3. The number of aliphatic hydroxyl groups excluding tert-OH is 1. The number of anilines is 1. The number of aliphatic hydroxyl groups is 1. The number of aromatic nitrogens is 3. The lowest BCUT2D eigenvalue weighted by atomic mass is 10.1. The normalized spacial score (nSPS) is 14.5. The van der Waals surface area contributed by atoms with Crippen molar-refractivity contribution in [3.8, 4) is 5.13 Å². The van der Waals surface area contributed by atoms with E-state index in [0.717, 1.165) is 38.9 Å². The van der Waals surface area contributed by atoms with Crippen LogP contribution >= 0.6 is 11.3 Å². The lowest BCUT2D eigenvalue weighted by molar-refractivity contribution is 0.0695. The molecule has 1 saturated heterocycles. The topological polar surface area (TPSA) is 121 Å². The van der Waals surface area contributed by atoms with E-state index in [1.54, 1.807) is 28.3 Å². The Morgan fingerprint density at radius 2 is 2.00 bits per heavy atom. The van der Waals surface area contributed by atoms with Crippen LogP contribution in [-0.2, 0) is 0 Å². The van der Waals surface area contributed by atoms with Crippen LogP contribution in [0.2, 0.25) is 0 Å². The second kappa shape index (κ2) is 9.12. The summed E-state index contributed by atoms with van der Waals surface area (Å²) in [6.07, 6.45) is 4.99. The Kier molecular flexibility index (Phi) is 6.57. The molecule has 10 heteroatoms. The van der Waals surface area contributed by atoms with Gasteiger partial charge in [0.1, 0.15) is 11.4 Å². The Balaban J connectivity index is 0.00000117. The summed E-state index contributed by atoms with van der Waals surface area (Å²) in [5.41, 5.74) is -0.395. The molecule has 4 rings (SSSR count). The van der Waals surface area contributed by atoms with Gasteiger partial charge >= 0.3 is 5.97 Å². The molecular weight excluding hydrogens is 394 g/mol. The van der Waals surface area contributed by atoms with Crippen molar-refractivity contribution in [2.24, 2.45) is 0 Å². The minimum atomic E-state index is -1.26. The second-order valence-corrected chi connectivity index (χ2v) is 7.33. The van der Waals surface area contributed by atoms with Crippen molar-refractivity contribution in [2.75, 3.05) is 32.1 Å². The minimum absolute atomic E-state index is 0.277. The van der Waals surface area contributed by atoms with Crippen LogP contribution in [0.5, 0.6) is 0 Å². The number of piperidine rings is 1. The molecule has 3 N–H and O–H groups in total. The first kappa shape index (κ1) is 20.9. The van der Waals surface area contributed by atoms with Crippen LogP contribution in [0, 0.1) is 0 Å². The highest BCUT2D eigenvalue weighted by Crippen LogP contribution is 2.23. The van der Waals surface area contributed by atoms with Crippen LogP contribution < -0.4 is 15.6 Å². The molecule has 3 aromatic rings. The van der Waals surface area contributed by atoms with Crippen molar-refractivity contribution < 1.29 is 15.0 Å². The van der Waals surface area contributed by atoms with E-state index in [1.165, 1.54) is 17.5 Å². The highest BCUT2D eigenvalue weighted by atomic mass is 32.1. The highest BCUT2D eigenvalue weighted by molar-refractivity contribution is 7.12. The van der Waals surface area contributed by atoms with Crippen molar-refractivity contribution in [3.05, 3.63) is 45.7 Å². The number of nitrogens with zero attached hydrogens (tertiary/aromatic N) is 4. The number of rotatable bonds is 4. The number of carbonyl (C=O) groups is 1.